The summed E-state index contributed by atoms with van der Waals surface area (Å²) in [4.78, 5) is 4.72. The third-order valence-corrected chi connectivity index (χ3v) is 3.92. The first-order chi connectivity index (χ1) is 9.24. The fraction of sp³-hybridized carbons (Fsp3) is 0.333. The summed E-state index contributed by atoms with van der Waals surface area (Å²) < 4.78 is 5.40. The Kier molecular flexibility index (Phi) is 3.49. The van der Waals surface area contributed by atoms with Crippen LogP contribution in [0.5, 0.6) is 0 Å². The monoisotopic (exact) mass is 276 g/mol. The number of hydrogen-bond acceptors (Lipinski definition) is 3. The molecule has 0 atom stereocenters. The summed E-state index contributed by atoms with van der Waals surface area (Å²) in [5.41, 5.74) is 2.14. The standard InChI is InChI=1S/C15H17ClN2O/c1-17-6-8-18(9-7-17)12-4-5-13(14(16)11-12)15-3-2-10-19-15/h2-5,10-11H,6-9H2,1H3. The lowest BCUT2D eigenvalue weighted by molar-refractivity contribution is 0.313. The van der Waals surface area contributed by atoms with E-state index in [-0.39, 0.29) is 0 Å². The van der Waals surface area contributed by atoms with Crippen molar-refractivity contribution in [3.8, 4) is 11.3 Å². The van der Waals surface area contributed by atoms with E-state index < -0.39 is 0 Å². The van der Waals surface area contributed by atoms with Gasteiger partial charge in [-0.25, -0.2) is 0 Å². The maximum absolute atomic E-state index is 6.37. The van der Waals surface area contributed by atoms with E-state index in [9.17, 15) is 0 Å². The summed E-state index contributed by atoms with van der Waals surface area (Å²) in [6.45, 7) is 4.29. The molecule has 0 amide bonds. The van der Waals surface area contributed by atoms with Crippen molar-refractivity contribution < 1.29 is 4.42 Å². The Bertz CT molecular complexity index is 545. The van der Waals surface area contributed by atoms with Gasteiger partial charge in [0.15, 0.2) is 0 Å². The molecule has 1 aliphatic rings. The Labute approximate surface area is 118 Å². The molecule has 0 radical (unpaired) electrons. The van der Waals surface area contributed by atoms with Gasteiger partial charge in [0.25, 0.3) is 0 Å². The highest BCUT2D eigenvalue weighted by molar-refractivity contribution is 6.33. The van der Waals surface area contributed by atoms with E-state index in [2.05, 4.69) is 22.9 Å². The highest BCUT2D eigenvalue weighted by Crippen LogP contribution is 2.32. The van der Waals surface area contributed by atoms with Crippen LogP contribution in [0.4, 0.5) is 5.69 Å². The van der Waals surface area contributed by atoms with Gasteiger partial charge in [-0.05, 0) is 37.4 Å². The minimum atomic E-state index is 0.742. The number of likely N-dealkylation sites (N-methyl/N-ethyl adjacent to an activating group) is 1. The predicted octanol–water partition coefficient (Wildman–Crippen LogP) is 3.35. The van der Waals surface area contributed by atoms with Gasteiger partial charge in [0.2, 0.25) is 0 Å². The van der Waals surface area contributed by atoms with Crippen LogP contribution in [0, 0.1) is 0 Å². The summed E-state index contributed by atoms with van der Waals surface area (Å²) >= 11 is 6.37. The highest BCUT2D eigenvalue weighted by atomic mass is 35.5. The fourth-order valence-corrected chi connectivity index (χ4v) is 2.66. The van der Waals surface area contributed by atoms with E-state index in [0.29, 0.717) is 0 Å². The van der Waals surface area contributed by atoms with Gasteiger partial charge in [0.05, 0.1) is 11.3 Å². The number of anilines is 1. The Hall–Kier alpha value is -1.45. The van der Waals surface area contributed by atoms with E-state index in [0.717, 1.165) is 42.5 Å². The zero-order valence-electron chi connectivity index (χ0n) is 11.0. The molecule has 19 heavy (non-hydrogen) atoms. The molecular formula is C15H17ClN2O. The summed E-state index contributed by atoms with van der Waals surface area (Å²) in [5, 5.41) is 0.742. The average Bonchev–Trinajstić information content (AvgIpc) is 2.93. The van der Waals surface area contributed by atoms with Crippen LogP contribution in [-0.4, -0.2) is 38.1 Å². The van der Waals surface area contributed by atoms with Gasteiger partial charge in [-0.15, -0.1) is 0 Å². The van der Waals surface area contributed by atoms with Crippen molar-refractivity contribution in [3.63, 3.8) is 0 Å². The van der Waals surface area contributed by atoms with Gasteiger partial charge < -0.3 is 14.2 Å². The Morgan fingerprint density at radius 3 is 2.53 bits per heavy atom. The summed E-state index contributed by atoms with van der Waals surface area (Å²) in [6, 6.07) is 9.99. The number of halogens is 1. The van der Waals surface area contributed by atoms with Gasteiger partial charge in [-0.3, -0.25) is 0 Å². The average molecular weight is 277 g/mol. The number of rotatable bonds is 2. The molecule has 0 N–H and O–H groups in total. The van der Waals surface area contributed by atoms with E-state index in [1.54, 1.807) is 6.26 Å². The van der Waals surface area contributed by atoms with Crippen LogP contribution < -0.4 is 4.90 Å². The molecule has 4 heteroatoms. The lowest BCUT2D eigenvalue weighted by Gasteiger charge is -2.34. The van der Waals surface area contributed by atoms with Crippen molar-refractivity contribution in [1.82, 2.24) is 4.90 Å². The molecule has 0 saturated carbocycles. The van der Waals surface area contributed by atoms with Crippen LogP contribution >= 0.6 is 11.6 Å². The molecule has 1 aromatic carbocycles. The minimum Gasteiger partial charge on any atom is -0.464 e. The largest absolute Gasteiger partial charge is 0.464 e. The van der Waals surface area contributed by atoms with Crippen LogP contribution in [0.3, 0.4) is 0 Å². The molecule has 1 fully saturated rings. The third-order valence-electron chi connectivity index (χ3n) is 3.61. The molecule has 3 rings (SSSR count). The van der Waals surface area contributed by atoms with Crippen molar-refractivity contribution in [1.29, 1.82) is 0 Å². The predicted molar refractivity (Wildman–Crippen MR) is 78.9 cm³/mol. The smallest absolute Gasteiger partial charge is 0.135 e. The topological polar surface area (TPSA) is 19.6 Å². The maximum Gasteiger partial charge on any atom is 0.135 e. The zero-order valence-corrected chi connectivity index (χ0v) is 11.7. The normalized spacial score (nSPS) is 16.8. The first-order valence-corrected chi connectivity index (χ1v) is 6.89. The third kappa shape index (κ3) is 2.62. The van der Waals surface area contributed by atoms with Crippen molar-refractivity contribution in [2.75, 3.05) is 38.1 Å². The summed E-state index contributed by atoms with van der Waals surface area (Å²) in [7, 11) is 2.16. The second-order valence-corrected chi connectivity index (χ2v) is 5.34. The number of benzene rings is 1. The summed E-state index contributed by atoms with van der Waals surface area (Å²) in [5.74, 6) is 0.815. The molecule has 3 nitrogen and oxygen atoms in total. The van der Waals surface area contributed by atoms with Crippen molar-refractivity contribution in [2.24, 2.45) is 0 Å². The number of furan rings is 1. The first kappa shape index (κ1) is 12.6. The van der Waals surface area contributed by atoms with Crippen LogP contribution in [0.15, 0.2) is 41.0 Å². The molecule has 0 aliphatic carbocycles. The lowest BCUT2D eigenvalue weighted by atomic mass is 10.1. The SMILES string of the molecule is CN1CCN(c2ccc(-c3ccco3)c(Cl)c2)CC1. The van der Waals surface area contributed by atoms with Crippen LogP contribution in [-0.2, 0) is 0 Å². The van der Waals surface area contributed by atoms with Crippen molar-refractivity contribution in [3.05, 3.63) is 41.6 Å². The second-order valence-electron chi connectivity index (χ2n) is 4.93. The quantitative estimate of drug-likeness (QED) is 0.839. The van der Waals surface area contributed by atoms with Crippen LogP contribution in [0.25, 0.3) is 11.3 Å². The number of nitrogens with zero attached hydrogens (tertiary/aromatic N) is 2. The van der Waals surface area contributed by atoms with E-state index in [1.807, 2.05) is 24.3 Å². The molecule has 0 bridgehead atoms. The zero-order chi connectivity index (χ0) is 13.2. The molecular weight excluding hydrogens is 260 g/mol. The van der Waals surface area contributed by atoms with Gasteiger partial charge in [-0.2, -0.15) is 0 Å². The number of hydrogen-bond donors (Lipinski definition) is 0. The van der Waals surface area contributed by atoms with Crippen LogP contribution in [0.1, 0.15) is 0 Å². The lowest BCUT2D eigenvalue weighted by Crippen LogP contribution is -2.44. The van der Waals surface area contributed by atoms with Gasteiger partial charge >= 0.3 is 0 Å². The molecule has 1 saturated heterocycles. The Morgan fingerprint density at radius 1 is 1.11 bits per heavy atom. The van der Waals surface area contributed by atoms with Gasteiger partial charge in [-0.1, -0.05) is 11.6 Å². The second kappa shape index (κ2) is 5.27. The summed E-state index contributed by atoms with van der Waals surface area (Å²) in [6.07, 6.45) is 1.67. The highest BCUT2D eigenvalue weighted by Gasteiger charge is 2.15. The number of piperazine rings is 1. The van der Waals surface area contributed by atoms with Crippen molar-refractivity contribution in [2.45, 2.75) is 0 Å². The Balaban J connectivity index is 1.83. The Morgan fingerprint density at radius 2 is 1.89 bits per heavy atom. The van der Waals surface area contributed by atoms with E-state index in [4.69, 9.17) is 16.0 Å². The van der Waals surface area contributed by atoms with Crippen molar-refractivity contribution >= 4 is 17.3 Å². The molecule has 1 aromatic heterocycles. The van der Waals surface area contributed by atoms with Gasteiger partial charge in [0, 0.05) is 37.4 Å². The van der Waals surface area contributed by atoms with Gasteiger partial charge in [0.1, 0.15) is 5.76 Å². The van der Waals surface area contributed by atoms with E-state index in [1.165, 1.54) is 5.69 Å². The molecule has 2 heterocycles. The molecule has 0 spiro atoms. The minimum absolute atomic E-state index is 0.742. The molecule has 100 valence electrons. The molecule has 1 aliphatic heterocycles. The molecule has 2 aromatic rings. The fourth-order valence-electron chi connectivity index (χ4n) is 2.40. The maximum atomic E-state index is 6.37. The van der Waals surface area contributed by atoms with Crippen LogP contribution in [0.2, 0.25) is 5.02 Å². The first-order valence-electron chi connectivity index (χ1n) is 6.51. The van der Waals surface area contributed by atoms with E-state index >= 15 is 0 Å². The molecule has 0 unspecified atom stereocenters.